The van der Waals surface area contributed by atoms with Crippen LogP contribution in [-0.4, -0.2) is 25.8 Å². The first-order valence-electron chi connectivity index (χ1n) is 4.80. The lowest BCUT2D eigenvalue weighted by Gasteiger charge is -2.25. The molecule has 0 saturated heterocycles. The Bertz CT molecular complexity index is 326. The molecule has 0 spiro atoms. The van der Waals surface area contributed by atoms with Gasteiger partial charge in [-0.25, -0.2) is 4.79 Å². The van der Waals surface area contributed by atoms with Gasteiger partial charge in [-0.05, 0) is 25.0 Å². The van der Waals surface area contributed by atoms with Crippen LogP contribution in [0.1, 0.15) is 13.3 Å². The Morgan fingerprint density at radius 1 is 1.53 bits per heavy atom. The Morgan fingerprint density at radius 2 is 2.27 bits per heavy atom. The molecule has 15 heavy (non-hydrogen) atoms. The molecule has 0 aliphatic heterocycles. The maximum Gasteiger partial charge on any atom is 0.330 e. The Hall–Kier alpha value is -1.35. The Morgan fingerprint density at radius 3 is 2.73 bits per heavy atom. The second-order valence-corrected chi connectivity index (χ2v) is 3.61. The molecule has 82 valence electrons. The highest BCUT2D eigenvalue weighted by atomic mass is 16.5. The summed E-state index contributed by atoms with van der Waals surface area (Å²) in [5.74, 6) is -0.343. The van der Waals surface area contributed by atoms with Gasteiger partial charge < -0.3 is 9.47 Å². The lowest BCUT2D eigenvalue weighted by atomic mass is 9.94. The minimum absolute atomic E-state index is 0.220. The van der Waals surface area contributed by atoms with E-state index in [1.807, 2.05) is 25.2 Å². The van der Waals surface area contributed by atoms with E-state index in [0.717, 1.165) is 12.0 Å². The molecule has 0 heterocycles. The lowest BCUT2D eigenvalue weighted by Crippen LogP contribution is -2.24. The van der Waals surface area contributed by atoms with E-state index >= 15 is 0 Å². The summed E-state index contributed by atoms with van der Waals surface area (Å²) >= 11 is 0. The van der Waals surface area contributed by atoms with Crippen LogP contribution in [0.25, 0.3) is 0 Å². The third kappa shape index (κ3) is 3.36. The number of carbonyl (C=O) groups is 1. The molecule has 1 atom stereocenters. The molecule has 1 aliphatic carbocycles. The monoisotopic (exact) mass is 208 g/mol. The van der Waals surface area contributed by atoms with Gasteiger partial charge in [0, 0.05) is 13.2 Å². The van der Waals surface area contributed by atoms with Crippen molar-refractivity contribution < 1.29 is 14.3 Å². The van der Waals surface area contributed by atoms with Gasteiger partial charge in [0.15, 0.2) is 0 Å². The number of esters is 1. The van der Waals surface area contributed by atoms with E-state index in [0.29, 0.717) is 0 Å². The number of ether oxygens (including phenoxy) is 2. The molecule has 0 fully saturated rings. The summed E-state index contributed by atoms with van der Waals surface area (Å²) in [6, 6.07) is 0. The van der Waals surface area contributed by atoms with Crippen LogP contribution in [0.2, 0.25) is 0 Å². The molecule has 1 aliphatic rings. The van der Waals surface area contributed by atoms with Crippen LogP contribution in [0.15, 0.2) is 36.0 Å². The Labute approximate surface area is 90.1 Å². The predicted molar refractivity (Wildman–Crippen MR) is 58.4 cm³/mol. The summed E-state index contributed by atoms with van der Waals surface area (Å²) < 4.78 is 9.83. The molecule has 0 amide bonds. The number of allylic oxidation sites excluding steroid dienone is 3. The van der Waals surface area contributed by atoms with Gasteiger partial charge in [-0.2, -0.15) is 0 Å². The fourth-order valence-corrected chi connectivity index (χ4v) is 1.24. The molecule has 3 nitrogen and oxygen atoms in total. The van der Waals surface area contributed by atoms with Crippen molar-refractivity contribution in [2.75, 3.05) is 14.2 Å². The average Bonchev–Trinajstić information content (AvgIpc) is 2.28. The third-order valence-electron chi connectivity index (χ3n) is 2.45. The molecule has 1 rings (SSSR count). The first-order valence-corrected chi connectivity index (χ1v) is 4.80. The zero-order chi connectivity index (χ0) is 11.3. The Balaban J connectivity index is 2.60. The summed E-state index contributed by atoms with van der Waals surface area (Å²) in [6.45, 7) is 2.01. The lowest BCUT2D eigenvalue weighted by molar-refractivity contribution is -0.134. The molecule has 0 aromatic heterocycles. The van der Waals surface area contributed by atoms with Crippen molar-refractivity contribution in [3.63, 3.8) is 0 Å². The SMILES string of the molecule is COC(=O)C=CC1=CCC(C)(OC)C=C1. The molecule has 0 aromatic rings. The first-order chi connectivity index (χ1) is 7.09. The maximum absolute atomic E-state index is 10.9. The van der Waals surface area contributed by atoms with E-state index in [1.165, 1.54) is 13.2 Å². The van der Waals surface area contributed by atoms with Crippen molar-refractivity contribution in [1.82, 2.24) is 0 Å². The normalized spacial score (nSPS) is 25.4. The zero-order valence-corrected chi connectivity index (χ0v) is 9.32. The van der Waals surface area contributed by atoms with E-state index in [9.17, 15) is 4.79 Å². The minimum Gasteiger partial charge on any atom is -0.466 e. The van der Waals surface area contributed by atoms with Gasteiger partial charge >= 0.3 is 5.97 Å². The minimum atomic E-state index is -0.343. The topological polar surface area (TPSA) is 35.5 Å². The first kappa shape index (κ1) is 11.7. The second kappa shape index (κ2) is 4.94. The van der Waals surface area contributed by atoms with Gasteiger partial charge in [-0.3, -0.25) is 0 Å². The Kier molecular flexibility index (Phi) is 3.86. The predicted octanol–water partition coefficient (Wildman–Crippen LogP) is 2.01. The standard InChI is InChI=1S/C12H16O3/c1-12(15-3)8-6-10(7-9-12)4-5-11(13)14-2/h4-8H,9H2,1-3H3. The van der Waals surface area contributed by atoms with Crippen LogP contribution >= 0.6 is 0 Å². The zero-order valence-electron chi connectivity index (χ0n) is 9.32. The fraction of sp³-hybridized carbons (Fsp3) is 0.417. The van der Waals surface area contributed by atoms with Crippen LogP contribution in [0.4, 0.5) is 0 Å². The van der Waals surface area contributed by atoms with Crippen LogP contribution in [0.5, 0.6) is 0 Å². The largest absolute Gasteiger partial charge is 0.466 e. The quantitative estimate of drug-likeness (QED) is 0.525. The van der Waals surface area contributed by atoms with Gasteiger partial charge in [-0.15, -0.1) is 0 Å². The number of hydrogen-bond donors (Lipinski definition) is 0. The summed E-state index contributed by atoms with van der Waals surface area (Å²) in [5.41, 5.74) is 0.776. The molecular formula is C12H16O3. The summed E-state index contributed by atoms with van der Waals surface area (Å²) in [6.07, 6.45) is 9.91. The molecule has 3 heteroatoms. The third-order valence-corrected chi connectivity index (χ3v) is 2.45. The van der Waals surface area contributed by atoms with Crippen LogP contribution in [0.3, 0.4) is 0 Å². The van der Waals surface area contributed by atoms with Crippen LogP contribution in [-0.2, 0) is 14.3 Å². The second-order valence-electron chi connectivity index (χ2n) is 3.61. The molecule has 0 saturated carbocycles. The van der Waals surface area contributed by atoms with Crippen molar-refractivity contribution in [3.05, 3.63) is 36.0 Å². The maximum atomic E-state index is 10.9. The highest BCUT2D eigenvalue weighted by molar-refractivity contribution is 5.82. The van der Waals surface area contributed by atoms with Gasteiger partial charge in [-0.1, -0.05) is 18.2 Å². The summed E-state index contributed by atoms with van der Waals surface area (Å²) in [4.78, 5) is 10.9. The molecule has 0 bridgehead atoms. The van der Waals surface area contributed by atoms with Gasteiger partial charge in [0.1, 0.15) is 0 Å². The summed E-state index contributed by atoms with van der Waals surface area (Å²) in [7, 11) is 3.05. The highest BCUT2D eigenvalue weighted by Crippen LogP contribution is 2.23. The summed E-state index contributed by atoms with van der Waals surface area (Å²) in [5, 5.41) is 0. The van der Waals surface area contributed by atoms with Crippen molar-refractivity contribution in [2.24, 2.45) is 0 Å². The molecular weight excluding hydrogens is 192 g/mol. The number of hydrogen-bond acceptors (Lipinski definition) is 3. The fourth-order valence-electron chi connectivity index (χ4n) is 1.24. The van der Waals surface area contributed by atoms with E-state index in [4.69, 9.17) is 4.74 Å². The number of rotatable bonds is 3. The van der Waals surface area contributed by atoms with Crippen molar-refractivity contribution in [1.29, 1.82) is 0 Å². The molecule has 0 N–H and O–H groups in total. The van der Waals surface area contributed by atoms with E-state index in [2.05, 4.69) is 4.74 Å². The van der Waals surface area contributed by atoms with Crippen molar-refractivity contribution in [3.8, 4) is 0 Å². The molecule has 0 aromatic carbocycles. The van der Waals surface area contributed by atoms with Crippen LogP contribution < -0.4 is 0 Å². The van der Waals surface area contributed by atoms with Crippen molar-refractivity contribution in [2.45, 2.75) is 18.9 Å². The van der Waals surface area contributed by atoms with E-state index < -0.39 is 0 Å². The van der Waals surface area contributed by atoms with Crippen molar-refractivity contribution >= 4 is 5.97 Å². The van der Waals surface area contributed by atoms with E-state index in [1.54, 1.807) is 13.2 Å². The number of methoxy groups -OCH3 is 2. The van der Waals surface area contributed by atoms with E-state index in [-0.39, 0.29) is 11.6 Å². The molecule has 0 radical (unpaired) electrons. The van der Waals surface area contributed by atoms with Gasteiger partial charge in [0.25, 0.3) is 0 Å². The van der Waals surface area contributed by atoms with Gasteiger partial charge in [0.2, 0.25) is 0 Å². The highest BCUT2D eigenvalue weighted by Gasteiger charge is 2.20. The average molecular weight is 208 g/mol. The smallest absolute Gasteiger partial charge is 0.330 e. The van der Waals surface area contributed by atoms with Gasteiger partial charge in [0.05, 0.1) is 12.7 Å². The number of carbonyl (C=O) groups excluding carboxylic acids is 1. The van der Waals surface area contributed by atoms with Crippen LogP contribution in [0, 0.1) is 0 Å². The molecule has 1 unspecified atom stereocenters.